The van der Waals surface area contributed by atoms with Gasteiger partial charge in [0.05, 0.1) is 4.90 Å². The third-order valence-corrected chi connectivity index (χ3v) is 3.88. The Bertz CT molecular complexity index is 455. The van der Waals surface area contributed by atoms with Crippen molar-refractivity contribution in [3.05, 3.63) is 29.8 Å². The molecule has 2 N–H and O–H groups in total. The monoisotopic (exact) mass is 271 g/mol. The van der Waals surface area contributed by atoms with E-state index in [0.29, 0.717) is 18.0 Å². The topological polar surface area (TPSA) is 61.4 Å². The first-order valence-corrected chi connectivity index (χ1v) is 7.32. The van der Waals surface area contributed by atoms with Crippen molar-refractivity contribution >= 4 is 10.0 Å². The number of nitrogens with one attached hydrogen (secondary N) is 2. The van der Waals surface area contributed by atoms with Gasteiger partial charge >= 0.3 is 0 Å². The van der Waals surface area contributed by atoms with E-state index in [1.54, 1.807) is 19.2 Å². The lowest BCUT2D eigenvalue weighted by molar-refractivity contribution is 0.402. The van der Waals surface area contributed by atoms with Crippen molar-refractivity contribution in [2.24, 2.45) is 0 Å². The molecule has 0 atom stereocenters. The molecule has 0 heterocycles. The highest BCUT2D eigenvalue weighted by Gasteiger charge is 2.12. The van der Waals surface area contributed by atoms with Crippen molar-refractivity contribution in [2.75, 3.05) is 34.2 Å². The fourth-order valence-electron chi connectivity index (χ4n) is 1.53. The number of benzene rings is 1. The molecule has 0 spiro atoms. The number of hydrogen-bond donors (Lipinski definition) is 2. The Morgan fingerprint density at radius 1 is 1.11 bits per heavy atom. The van der Waals surface area contributed by atoms with Gasteiger partial charge in [0.15, 0.2) is 0 Å². The summed E-state index contributed by atoms with van der Waals surface area (Å²) in [6.45, 7) is 1.80. The highest BCUT2D eigenvalue weighted by molar-refractivity contribution is 7.89. The quantitative estimate of drug-likeness (QED) is 0.698. The second kappa shape index (κ2) is 6.84. The second-order valence-electron chi connectivity index (χ2n) is 4.38. The Labute approximate surface area is 109 Å². The van der Waals surface area contributed by atoms with Crippen LogP contribution in [-0.4, -0.2) is 47.6 Å². The van der Waals surface area contributed by atoms with Crippen LogP contribution in [0.1, 0.15) is 5.56 Å². The Morgan fingerprint density at radius 2 is 1.72 bits per heavy atom. The SMILES string of the molecule is CNCCNS(=O)(=O)c1ccc(CN(C)C)cc1. The van der Waals surface area contributed by atoms with Gasteiger partial charge in [-0.15, -0.1) is 0 Å². The lowest BCUT2D eigenvalue weighted by atomic mass is 10.2. The minimum atomic E-state index is -3.38. The summed E-state index contributed by atoms with van der Waals surface area (Å²) in [5.41, 5.74) is 1.09. The van der Waals surface area contributed by atoms with Crippen LogP contribution in [0.3, 0.4) is 0 Å². The summed E-state index contributed by atoms with van der Waals surface area (Å²) in [7, 11) is 2.35. The van der Waals surface area contributed by atoms with Crippen molar-refractivity contribution in [3.8, 4) is 0 Å². The van der Waals surface area contributed by atoms with Crippen molar-refractivity contribution in [3.63, 3.8) is 0 Å². The van der Waals surface area contributed by atoms with E-state index in [9.17, 15) is 8.42 Å². The molecule has 0 unspecified atom stereocenters. The predicted octanol–water partition coefficient (Wildman–Crippen LogP) is 0.246. The van der Waals surface area contributed by atoms with Crippen LogP contribution in [0.5, 0.6) is 0 Å². The molecular weight excluding hydrogens is 250 g/mol. The van der Waals surface area contributed by atoms with Gasteiger partial charge in [-0.3, -0.25) is 0 Å². The number of nitrogens with zero attached hydrogens (tertiary/aromatic N) is 1. The van der Waals surface area contributed by atoms with E-state index in [0.717, 1.165) is 12.1 Å². The molecule has 0 saturated carbocycles. The summed E-state index contributed by atoms with van der Waals surface area (Å²) in [4.78, 5) is 2.34. The molecule has 0 aromatic heterocycles. The molecule has 0 amide bonds. The zero-order chi connectivity index (χ0) is 13.6. The molecule has 5 nitrogen and oxygen atoms in total. The van der Waals surface area contributed by atoms with Gasteiger partial charge in [-0.25, -0.2) is 13.1 Å². The molecule has 1 aromatic rings. The summed E-state index contributed by atoms with van der Waals surface area (Å²) in [6, 6.07) is 6.96. The molecule has 0 aliphatic rings. The number of hydrogen-bond acceptors (Lipinski definition) is 4. The van der Waals surface area contributed by atoms with Crippen molar-refractivity contribution in [1.29, 1.82) is 0 Å². The summed E-state index contributed by atoms with van der Waals surface area (Å²) >= 11 is 0. The van der Waals surface area contributed by atoms with Crippen LogP contribution in [0.25, 0.3) is 0 Å². The average molecular weight is 271 g/mol. The molecule has 6 heteroatoms. The van der Waals surface area contributed by atoms with Gasteiger partial charge in [0.1, 0.15) is 0 Å². The maximum Gasteiger partial charge on any atom is 0.240 e. The molecule has 0 saturated heterocycles. The van der Waals surface area contributed by atoms with E-state index >= 15 is 0 Å². The van der Waals surface area contributed by atoms with E-state index in [-0.39, 0.29) is 0 Å². The van der Waals surface area contributed by atoms with Crippen LogP contribution in [0.4, 0.5) is 0 Å². The van der Waals surface area contributed by atoms with Gasteiger partial charge in [-0.1, -0.05) is 12.1 Å². The molecule has 1 aromatic carbocycles. The Balaban J connectivity index is 2.71. The van der Waals surface area contributed by atoms with Crippen molar-refractivity contribution < 1.29 is 8.42 Å². The van der Waals surface area contributed by atoms with E-state index in [4.69, 9.17) is 0 Å². The summed E-state index contributed by atoms with van der Waals surface area (Å²) in [5, 5.41) is 2.89. The Kier molecular flexibility index (Phi) is 5.74. The van der Waals surface area contributed by atoms with Gasteiger partial charge in [-0.2, -0.15) is 0 Å². The third kappa shape index (κ3) is 4.73. The number of sulfonamides is 1. The highest BCUT2D eigenvalue weighted by Crippen LogP contribution is 2.11. The minimum absolute atomic E-state index is 0.307. The molecule has 0 aliphatic heterocycles. The van der Waals surface area contributed by atoms with Crippen LogP contribution in [0.15, 0.2) is 29.2 Å². The minimum Gasteiger partial charge on any atom is -0.318 e. The molecule has 18 heavy (non-hydrogen) atoms. The van der Waals surface area contributed by atoms with Crippen LogP contribution in [-0.2, 0) is 16.6 Å². The predicted molar refractivity (Wildman–Crippen MR) is 72.9 cm³/mol. The lowest BCUT2D eigenvalue weighted by Crippen LogP contribution is -2.30. The normalized spacial score (nSPS) is 12.0. The second-order valence-corrected chi connectivity index (χ2v) is 6.15. The molecular formula is C12H21N3O2S. The van der Waals surface area contributed by atoms with E-state index in [1.165, 1.54) is 0 Å². The zero-order valence-electron chi connectivity index (χ0n) is 11.1. The summed E-state index contributed by atoms with van der Waals surface area (Å²) in [5.74, 6) is 0. The van der Waals surface area contributed by atoms with Crippen molar-refractivity contribution in [2.45, 2.75) is 11.4 Å². The Hall–Kier alpha value is -0.950. The maximum atomic E-state index is 11.9. The molecule has 0 fully saturated rings. The average Bonchev–Trinajstić information content (AvgIpc) is 2.29. The van der Waals surface area contributed by atoms with Gasteiger partial charge < -0.3 is 10.2 Å². The lowest BCUT2D eigenvalue weighted by Gasteiger charge is -2.10. The van der Waals surface area contributed by atoms with E-state index in [2.05, 4.69) is 10.0 Å². The fourth-order valence-corrected chi connectivity index (χ4v) is 2.56. The third-order valence-electron chi connectivity index (χ3n) is 2.40. The molecule has 0 aliphatic carbocycles. The van der Waals surface area contributed by atoms with Crippen LogP contribution in [0, 0.1) is 0 Å². The van der Waals surface area contributed by atoms with Gasteiger partial charge in [-0.05, 0) is 38.8 Å². The van der Waals surface area contributed by atoms with E-state index in [1.807, 2.05) is 31.1 Å². The highest BCUT2D eigenvalue weighted by atomic mass is 32.2. The largest absolute Gasteiger partial charge is 0.318 e. The van der Waals surface area contributed by atoms with Crippen LogP contribution < -0.4 is 10.0 Å². The Morgan fingerprint density at radius 3 is 2.22 bits per heavy atom. The van der Waals surface area contributed by atoms with Crippen molar-refractivity contribution in [1.82, 2.24) is 14.9 Å². The summed E-state index contributed by atoms with van der Waals surface area (Å²) in [6.07, 6.45) is 0. The van der Waals surface area contributed by atoms with Gasteiger partial charge in [0, 0.05) is 19.6 Å². The first-order valence-electron chi connectivity index (χ1n) is 5.83. The first kappa shape index (κ1) is 15.1. The number of likely N-dealkylation sites (N-methyl/N-ethyl adjacent to an activating group) is 1. The maximum absolute atomic E-state index is 11.9. The smallest absolute Gasteiger partial charge is 0.240 e. The molecule has 0 radical (unpaired) electrons. The molecule has 1 rings (SSSR count). The van der Waals surface area contributed by atoms with Gasteiger partial charge in [0.25, 0.3) is 0 Å². The molecule has 0 bridgehead atoms. The standard InChI is InChI=1S/C12H21N3O2S/c1-13-8-9-14-18(16,17)12-6-4-11(5-7-12)10-15(2)3/h4-7,13-14H,8-10H2,1-3H3. The molecule has 102 valence electrons. The zero-order valence-corrected chi connectivity index (χ0v) is 11.9. The summed E-state index contributed by atoms with van der Waals surface area (Å²) < 4.78 is 26.3. The van der Waals surface area contributed by atoms with Crippen LogP contribution >= 0.6 is 0 Å². The van der Waals surface area contributed by atoms with E-state index < -0.39 is 10.0 Å². The van der Waals surface area contributed by atoms with Gasteiger partial charge in [0.2, 0.25) is 10.0 Å². The number of rotatable bonds is 7. The van der Waals surface area contributed by atoms with Crippen LogP contribution in [0.2, 0.25) is 0 Å². The first-order chi connectivity index (χ1) is 8.45. The fraction of sp³-hybridized carbons (Fsp3) is 0.500.